The van der Waals surface area contributed by atoms with Gasteiger partial charge < -0.3 is 10.2 Å². The van der Waals surface area contributed by atoms with Crippen LogP contribution in [0.15, 0.2) is 48.5 Å². The number of nitrogens with one attached hydrogen (secondary N) is 1. The van der Waals surface area contributed by atoms with Gasteiger partial charge in [-0.05, 0) is 42.9 Å². The van der Waals surface area contributed by atoms with Gasteiger partial charge in [0, 0.05) is 43.4 Å². The van der Waals surface area contributed by atoms with Gasteiger partial charge in [-0.25, -0.2) is 0 Å². The van der Waals surface area contributed by atoms with Crippen LogP contribution in [0.25, 0.3) is 0 Å². The summed E-state index contributed by atoms with van der Waals surface area (Å²) in [5.74, 6) is 0. The Morgan fingerprint density at radius 1 is 1.08 bits per heavy atom. The van der Waals surface area contributed by atoms with Gasteiger partial charge in [-0.15, -0.1) is 0 Å². The van der Waals surface area contributed by atoms with E-state index in [9.17, 15) is 0 Å². The summed E-state index contributed by atoms with van der Waals surface area (Å²) in [6.07, 6.45) is 0. The zero-order valence-electron chi connectivity index (χ0n) is 13.8. The summed E-state index contributed by atoms with van der Waals surface area (Å²) in [5.41, 5.74) is 3.64. The second kappa shape index (κ2) is 7.97. The minimum atomic E-state index is 0.714. The molecule has 1 saturated heterocycles. The summed E-state index contributed by atoms with van der Waals surface area (Å²) < 4.78 is 0. The van der Waals surface area contributed by atoms with Crippen LogP contribution in [-0.2, 0) is 6.54 Å². The molecule has 0 spiro atoms. The van der Waals surface area contributed by atoms with Crippen LogP contribution in [0.2, 0.25) is 5.02 Å². The Kier molecular flexibility index (Phi) is 5.72. The average Bonchev–Trinajstić information content (AvgIpc) is 2.55. The molecule has 2 aromatic carbocycles. The summed E-state index contributed by atoms with van der Waals surface area (Å²) in [4.78, 5) is 4.70. The Morgan fingerprint density at radius 3 is 2.54 bits per heavy atom. The number of thiocarbonyl (C=S) groups is 1. The first kappa shape index (κ1) is 17.2. The number of rotatable bonds is 3. The number of halogens is 1. The van der Waals surface area contributed by atoms with Crippen molar-refractivity contribution in [3.8, 4) is 0 Å². The van der Waals surface area contributed by atoms with Crippen molar-refractivity contribution in [1.29, 1.82) is 0 Å². The van der Waals surface area contributed by atoms with Gasteiger partial charge in [0.05, 0.1) is 0 Å². The molecule has 0 unspecified atom stereocenters. The topological polar surface area (TPSA) is 18.5 Å². The first-order valence-corrected chi connectivity index (χ1v) is 8.98. The minimum Gasteiger partial charge on any atom is -0.346 e. The highest BCUT2D eigenvalue weighted by Crippen LogP contribution is 2.16. The molecule has 1 fully saturated rings. The van der Waals surface area contributed by atoms with Crippen LogP contribution in [-0.4, -0.2) is 41.1 Å². The van der Waals surface area contributed by atoms with Crippen molar-refractivity contribution in [2.24, 2.45) is 0 Å². The monoisotopic (exact) mass is 359 g/mol. The third-order valence-electron chi connectivity index (χ3n) is 4.22. The fourth-order valence-electron chi connectivity index (χ4n) is 2.95. The van der Waals surface area contributed by atoms with Crippen molar-refractivity contribution in [2.75, 3.05) is 31.5 Å². The van der Waals surface area contributed by atoms with Crippen LogP contribution in [0.1, 0.15) is 11.1 Å². The van der Waals surface area contributed by atoms with Gasteiger partial charge in [-0.3, -0.25) is 4.90 Å². The van der Waals surface area contributed by atoms with Crippen LogP contribution in [0, 0.1) is 6.92 Å². The van der Waals surface area contributed by atoms with Crippen LogP contribution < -0.4 is 5.32 Å². The van der Waals surface area contributed by atoms with E-state index in [1.165, 1.54) is 11.1 Å². The molecule has 1 aliphatic rings. The lowest BCUT2D eigenvalue weighted by atomic mass is 10.1. The SMILES string of the molecule is Cc1cccc(CN2CCN(C(=S)Nc3cccc(Cl)c3)CC2)c1. The number of nitrogens with zero attached hydrogens (tertiary/aromatic N) is 2. The maximum atomic E-state index is 6.02. The zero-order valence-corrected chi connectivity index (χ0v) is 15.4. The van der Waals surface area contributed by atoms with E-state index in [2.05, 4.69) is 46.3 Å². The van der Waals surface area contributed by atoms with Crippen LogP contribution in [0.3, 0.4) is 0 Å². The smallest absolute Gasteiger partial charge is 0.173 e. The quantitative estimate of drug-likeness (QED) is 0.829. The summed E-state index contributed by atoms with van der Waals surface area (Å²) in [7, 11) is 0. The standard InChI is InChI=1S/C19H22ClN3S/c1-15-4-2-5-16(12-15)14-22-8-10-23(11-9-22)19(24)21-18-7-3-6-17(20)13-18/h2-7,12-13H,8-11,14H2,1H3,(H,21,24). The van der Waals surface area contributed by atoms with E-state index in [-0.39, 0.29) is 0 Å². The van der Waals surface area contributed by atoms with Crippen molar-refractivity contribution >= 4 is 34.6 Å². The number of benzene rings is 2. The van der Waals surface area contributed by atoms with Crippen LogP contribution in [0.4, 0.5) is 5.69 Å². The molecule has 24 heavy (non-hydrogen) atoms. The molecular weight excluding hydrogens is 338 g/mol. The van der Waals surface area contributed by atoms with Gasteiger partial charge >= 0.3 is 0 Å². The molecule has 0 aromatic heterocycles. The molecule has 1 heterocycles. The number of hydrogen-bond donors (Lipinski definition) is 1. The summed E-state index contributed by atoms with van der Waals surface area (Å²) in [6, 6.07) is 16.4. The van der Waals surface area contributed by atoms with E-state index in [0.29, 0.717) is 5.02 Å². The van der Waals surface area contributed by atoms with E-state index in [1.807, 2.05) is 24.3 Å². The van der Waals surface area contributed by atoms with Crippen molar-refractivity contribution < 1.29 is 0 Å². The summed E-state index contributed by atoms with van der Waals surface area (Å²) >= 11 is 11.6. The molecular formula is C19H22ClN3S. The molecule has 5 heteroatoms. The molecule has 1 aliphatic heterocycles. The lowest BCUT2D eigenvalue weighted by molar-refractivity contribution is 0.177. The van der Waals surface area contributed by atoms with E-state index in [1.54, 1.807) is 0 Å². The molecule has 3 nitrogen and oxygen atoms in total. The van der Waals surface area contributed by atoms with Gasteiger partial charge in [-0.1, -0.05) is 47.5 Å². The first-order chi connectivity index (χ1) is 11.6. The van der Waals surface area contributed by atoms with E-state index < -0.39 is 0 Å². The highest BCUT2D eigenvalue weighted by atomic mass is 35.5. The van der Waals surface area contributed by atoms with Crippen molar-refractivity contribution in [3.05, 3.63) is 64.7 Å². The number of anilines is 1. The van der Waals surface area contributed by atoms with Crippen molar-refractivity contribution in [3.63, 3.8) is 0 Å². The third kappa shape index (κ3) is 4.69. The molecule has 2 aromatic rings. The average molecular weight is 360 g/mol. The highest BCUT2D eigenvalue weighted by molar-refractivity contribution is 7.80. The van der Waals surface area contributed by atoms with E-state index in [4.69, 9.17) is 23.8 Å². The first-order valence-electron chi connectivity index (χ1n) is 8.19. The van der Waals surface area contributed by atoms with Crippen molar-refractivity contribution in [1.82, 2.24) is 9.80 Å². The summed E-state index contributed by atoms with van der Waals surface area (Å²) in [6.45, 7) is 7.07. The van der Waals surface area contributed by atoms with E-state index >= 15 is 0 Å². The molecule has 126 valence electrons. The Bertz CT molecular complexity index is 711. The predicted molar refractivity (Wildman–Crippen MR) is 106 cm³/mol. The number of piperazine rings is 1. The molecule has 0 saturated carbocycles. The fourth-order valence-corrected chi connectivity index (χ4v) is 3.44. The largest absolute Gasteiger partial charge is 0.346 e. The van der Waals surface area contributed by atoms with Crippen LogP contribution in [0.5, 0.6) is 0 Å². The minimum absolute atomic E-state index is 0.714. The fraction of sp³-hybridized carbons (Fsp3) is 0.316. The molecule has 1 N–H and O–H groups in total. The van der Waals surface area contributed by atoms with Gasteiger partial charge in [-0.2, -0.15) is 0 Å². The van der Waals surface area contributed by atoms with Gasteiger partial charge in [0.2, 0.25) is 0 Å². The maximum Gasteiger partial charge on any atom is 0.173 e. The molecule has 0 aliphatic carbocycles. The Balaban J connectivity index is 1.50. The molecule has 0 bridgehead atoms. The number of hydrogen-bond acceptors (Lipinski definition) is 2. The summed E-state index contributed by atoms with van der Waals surface area (Å²) in [5, 5.41) is 4.76. The van der Waals surface area contributed by atoms with Crippen molar-refractivity contribution in [2.45, 2.75) is 13.5 Å². The van der Waals surface area contributed by atoms with Gasteiger partial charge in [0.15, 0.2) is 5.11 Å². The second-order valence-electron chi connectivity index (χ2n) is 6.19. The predicted octanol–water partition coefficient (Wildman–Crippen LogP) is 4.16. The number of aryl methyl sites for hydroxylation is 1. The Labute approximate surface area is 154 Å². The Hall–Kier alpha value is -1.62. The third-order valence-corrected chi connectivity index (χ3v) is 4.82. The zero-order chi connectivity index (χ0) is 16.9. The molecule has 0 amide bonds. The second-order valence-corrected chi connectivity index (χ2v) is 7.02. The molecule has 0 atom stereocenters. The lowest BCUT2D eigenvalue weighted by Gasteiger charge is -2.36. The van der Waals surface area contributed by atoms with Crippen LogP contribution >= 0.6 is 23.8 Å². The normalized spacial score (nSPS) is 15.3. The Morgan fingerprint density at radius 2 is 1.83 bits per heavy atom. The maximum absolute atomic E-state index is 6.02. The van der Waals surface area contributed by atoms with Gasteiger partial charge in [0.25, 0.3) is 0 Å². The van der Waals surface area contributed by atoms with Gasteiger partial charge in [0.1, 0.15) is 0 Å². The van der Waals surface area contributed by atoms with E-state index in [0.717, 1.165) is 43.5 Å². The molecule has 0 radical (unpaired) electrons. The molecule has 3 rings (SSSR count). The highest BCUT2D eigenvalue weighted by Gasteiger charge is 2.19. The lowest BCUT2D eigenvalue weighted by Crippen LogP contribution is -2.49.